The predicted octanol–water partition coefficient (Wildman–Crippen LogP) is 4.96. The van der Waals surface area contributed by atoms with E-state index < -0.39 is 17.7 Å². The maximum absolute atomic E-state index is 11.6. The number of benzene rings is 2. The van der Waals surface area contributed by atoms with Crippen LogP contribution < -0.4 is 4.74 Å². The molecule has 0 aromatic heterocycles. The Labute approximate surface area is 217 Å². The number of piperidine rings is 1. The summed E-state index contributed by atoms with van der Waals surface area (Å²) >= 11 is 0. The average molecular weight is 525 g/mol. The molecule has 0 bridgehead atoms. The van der Waals surface area contributed by atoms with E-state index in [9.17, 15) is 18.3 Å². The van der Waals surface area contributed by atoms with Crippen molar-refractivity contribution in [2.75, 3.05) is 46.9 Å². The molecular weight excluding hydrogens is 485 g/mol. The van der Waals surface area contributed by atoms with E-state index in [4.69, 9.17) is 14.6 Å². The van der Waals surface area contributed by atoms with Gasteiger partial charge < -0.3 is 24.7 Å². The first-order chi connectivity index (χ1) is 17.5. The van der Waals surface area contributed by atoms with Crippen LogP contribution in [0.4, 0.5) is 13.2 Å². The standard InChI is InChI=1S/C26H38N2O2.C2HF3O2/c1-27(2)20-16-26(29,22-23-10-5-3-6-11-23)24-12-14-25(15-13-24)30-21-9-19-28-17-7-4-8-18-28;3-2(4,5)1(6)7/h3,5-6,10-15,29H,4,7-9,16-22H2,1-2H3;(H,6,7). The Bertz CT molecular complexity index is 917. The first-order valence-electron chi connectivity index (χ1n) is 12.7. The number of hydrogen-bond donors (Lipinski definition) is 2. The summed E-state index contributed by atoms with van der Waals surface area (Å²) < 4.78 is 37.7. The molecule has 0 amide bonds. The van der Waals surface area contributed by atoms with Crippen LogP contribution in [0.1, 0.15) is 43.2 Å². The third-order valence-electron chi connectivity index (χ3n) is 6.28. The number of nitrogens with zero attached hydrogens (tertiary/aromatic N) is 2. The van der Waals surface area contributed by atoms with Gasteiger partial charge in [-0.05, 0) is 76.1 Å². The van der Waals surface area contributed by atoms with E-state index in [1.807, 2.05) is 56.6 Å². The molecule has 1 heterocycles. The van der Waals surface area contributed by atoms with Crippen LogP contribution >= 0.6 is 0 Å². The number of hydrogen-bond acceptors (Lipinski definition) is 5. The third-order valence-corrected chi connectivity index (χ3v) is 6.28. The van der Waals surface area contributed by atoms with Crippen LogP contribution in [0.3, 0.4) is 0 Å². The molecule has 2 N–H and O–H groups in total. The maximum Gasteiger partial charge on any atom is 0.490 e. The molecule has 2 aromatic rings. The number of alkyl halides is 3. The second-order valence-electron chi connectivity index (χ2n) is 9.68. The van der Waals surface area contributed by atoms with Gasteiger partial charge in [0.2, 0.25) is 0 Å². The SMILES string of the molecule is CN(C)CCC(O)(Cc1ccccc1)c1ccc(OCCCN2CCCCC2)cc1.O=C(O)C(F)(F)F. The highest BCUT2D eigenvalue weighted by Gasteiger charge is 2.38. The fraction of sp³-hybridized carbons (Fsp3) is 0.536. The summed E-state index contributed by atoms with van der Waals surface area (Å²) in [4.78, 5) is 13.6. The van der Waals surface area contributed by atoms with Crippen molar-refractivity contribution >= 4 is 5.97 Å². The predicted molar refractivity (Wildman–Crippen MR) is 138 cm³/mol. The lowest BCUT2D eigenvalue weighted by Gasteiger charge is -2.30. The molecular formula is C28H39F3N2O4. The Hall–Kier alpha value is -2.62. The van der Waals surface area contributed by atoms with Crippen molar-refractivity contribution in [2.24, 2.45) is 0 Å². The van der Waals surface area contributed by atoms with E-state index in [-0.39, 0.29) is 0 Å². The molecule has 6 nitrogen and oxygen atoms in total. The third kappa shape index (κ3) is 11.5. The number of likely N-dealkylation sites (tertiary alicyclic amines) is 1. The van der Waals surface area contributed by atoms with Crippen molar-refractivity contribution in [3.63, 3.8) is 0 Å². The van der Waals surface area contributed by atoms with Crippen LogP contribution in [0.2, 0.25) is 0 Å². The number of aliphatic hydroxyl groups is 1. The fourth-order valence-electron chi connectivity index (χ4n) is 4.20. The normalized spacial score (nSPS) is 16.0. The fourth-order valence-corrected chi connectivity index (χ4v) is 4.20. The van der Waals surface area contributed by atoms with Gasteiger partial charge >= 0.3 is 12.1 Å². The number of ether oxygens (including phenoxy) is 1. The minimum absolute atomic E-state index is 0.609. The molecule has 1 unspecified atom stereocenters. The maximum atomic E-state index is 11.6. The molecule has 1 fully saturated rings. The lowest BCUT2D eigenvalue weighted by atomic mass is 9.84. The minimum atomic E-state index is -5.08. The van der Waals surface area contributed by atoms with Crippen LogP contribution in [-0.4, -0.2) is 79.0 Å². The number of carboxylic acids is 1. The molecule has 0 spiro atoms. The zero-order chi connectivity index (χ0) is 27.3. The van der Waals surface area contributed by atoms with Gasteiger partial charge in [0.15, 0.2) is 0 Å². The molecule has 3 rings (SSSR count). The molecule has 0 aliphatic carbocycles. The molecule has 206 valence electrons. The Kier molecular flexibility index (Phi) is 12.4. The van der Waals surface area contributed by atoms with Gasteiger partial charge in [-0.1, -0.05) is 48.9 Å². The van der Waals surface area contributed by atoms with E-state index in [1.54, 1.807) is 0 Å². The molecule has 0 radical (unpaired) electrons. The van der Waals surface area contributed by atoms with E-state index >= 15 is 0 Å². The molecule has 1 aliphatic heterocycles. The monoisotopic (exact) mass is 524 g/mol. The number of halogens is 3. The first kappa shape index (κ1) is 30.6. The van der Waals surface area contributed by atoms with E-state index in [2.05, 4.69) is 21.9 Å². The largest absolute Gasteiger partial charge is 0.494 e. The Morgan fingerprint density at radius 3 is 2.14 bits per heavy atom. The van der Waals surface area contributed by atoms with Crippen molar-refractivity contribution in [1.82, 2.24) is 9.80 Å². The average Bonchev–Trinajstić information content (AvgIpc) is 2.87. The molecule has 2 aromatic carbocycles. The highest BCUT2D eigenvalue weighted by Crippen LogP contribution is 2.31. The lowest BCUT2D eigenvalue weighted by molar-refractivity contribution is -0.192. The van der Waals surface area contributed by atoms with E-state index in [0.717, 1.165) is 43.0 Å². The van der Waals surface area contributed by atoms with Crippen LogP contribution in [0, 0.1) is 0 Å². The number of aliphatic carboxylic acids is 1. The van der Waals surface area contributed by atoms with Gasteiger partial charge in [0.05, 0.1) is 12.2 Å². The molecule has 1 atom stereocenters. The topological polar surface area (TPSA) is 73.2 Å². The molecule has 37 heavy (non-hydrogen) atoms. The second kappa shape index (κ2) is 15.0. The number of rotatable bonds is 11. The van der Waals surface area contributed by atoms with Gasteiger partial charge in [-0.3, -0.25) is 0 Å². The van der Waals surface area contributed by atoms with E-state index in [1.165, 1.54) is 32.4 Å². The van der Waals surface area contributed by atoms with Crippen LogP contribution in [0.5, 0.6) is 5.75 Å². The van der Waals surface area contributed by atoms with Gasteiger partial charge in [-0.2, -0.15) is 13.2 Å². The highest BCUT2D eigenvalue weighted by atomic mass is 19.4. The smallest absolute Gasteiger partial charge is 0.490 e. The van der Waals surface area contributed by atoms with Crippen LogP contribution in [0.15, 0.2) is 54.6 Å². The van der Waals surface area contributed by atoms with E-state index in [0.29, 0.717) is 12.8 Å². The Balaban J connectivity index is 0.000000604. The van der Waals surface area contributed by atoms with Gasteiger partial charge in [-0.25, -0.2) is 4.79 Å². The highest BCUT2D eigenvalue weighted by molar-refractivity contribution is 5.73. The summed E-state index contributed by atoms with van der Waals surface area (Å²) in [7, 11) is 4.09. The van der Waals surface area contributed by atoms with Crippen molar-refractivity contribution in [2.45, 2.75) is 50.3 Å². The molecule has 9 heteroatoms. The summed E-state index contributed by atoms with van der Waals surface area (Å²) in [6, 6.07) is 18.3. The Morgan fingerprint density at radius 2 is 1.59 bits per heavy atom. The van der Waals surface area contributed by atoms with Crippen molar-refractivity contribution in [3.8, 4) is 5.75 Å². The molecule has 0 saturated carbocycles. The molecule has 1 aliphatic rings. The van der Waals surface area contributed by atoms with Crippen LogP contribution in [0.25, 0.3) is 0 Å². The summed E-state index contributed by atoms with van der Waals surface area (Å²) in [6.45, 7) is 5.17. The van der Waals surface area contributed by atoms with Gasteiger partial charge in [0.1, 0.15) is 5.75 Å². The van der Waals surface area contributed by atoms with Crippen molar-refractivity contribution in [1.29, 1.82) is 0 Å². The summed E-state index contributed by atoms with van der Waals surface area (Å²) in [5, 5.41) is 18.7. The zero-order valence-corrected chi connectivity index (χ0v) is 21.7. The summed E-state index contributed by atoms with van der Waals surface area (Å²) in [6.07, 6.45) is 1.32. The van der Waals surface area contributed by atoms with Crippen molar-refractivity contribution in [3.05, 3.63) is 65.7 Å². The first-order valence-corrected chi connectivity index (χ1v) is 12.7. The van der Waals surface area contributed by atoms with Crippen LogP contribution in [-0.2, 0) is 16.8 Å². The summed E-state index contributed by atoms with van der Waals surface area (Å²) in [5.74, 6) is -1.88. The number of carboxylic acid groups (broad SMARTS) is 1. The lowest BCUT2D eigenvalue weighted by Crippen LogP contribution is -2.33. The zero-order valence-electron chi connectivity index (χ0n) is 21.7. The minimum Gasteiger partial charge on any atom is -0.494 e. The Morgan fingerprint density at radius 1 is 1.00 bits per heavy atom. The molecule has 1 saturated heterocycles. The summed E-state index contributed by atoms with van der Waals surface area (Å²) in [5.41, 5.74) is 1.21. The van der Waals surface area contributed by atoms with Gasteiger partial charge in [0, 0.05) is 19.5 Å². The quantitative estimate of drug-likeness (QED) is 0.405. The number of carbonyl (C=O) groups is 1. The van der Waals surface area contributed by atoms with Gasteiger partial charge in [-0.15, -0.1) is 0 Å². The van der Waals surface area contributed by atoms with Gasteiger partial charge in [0.25, 0.3) is 0 Å². The van der Waals surface area contributed by atoms with Crippen molar-refractivity contribution < 1.29 is 32.9 Å². The second-order valence-corrected chi connectivity index (χ2v) is 9.68.